The maximum atomic E-state index is 12.6. The number of nitrogens with one attached hydrogen (secondary N) is 3. The van der Waals surface area contributed by atoms with Gasteiger partial charge in [-0.15, -0.1) is 0 Å². The van der Waals surface area contributed by atoms with Crippen LogP contribution in [0.5, 0.6) is 11.5 Å². The Balaban J connectivity index is 1.55. The highest BCUT2D eigenvalue weighted by Crippen LogP contribution is 2.31. The van der Waals surface area contributed by atoms with E-state index < -0.39 is 0 Å². The van der Waals surface area contributed by atoms with Gasteiger partial charge in [-0.3, -0.25) is 4.79 Å². The second-order valence-electron chi connectivity index (χ2n) is 8.85. The molecule has 0 radical (unpaired) electrons. The molecule has 7 nitrogen and oxygen atoms in total. The number of urea groups is 1. The first-order valence-corrected chi connectivity index (χ1v) is 12.3. The van der Waals surface area contributed by atoms with Crippen molar-refractivity contribution in [3.63, 3.8) is 0 Å². The molecule has 0 heterocycles. The Bertz CT molecular complexity index is 957. The van der Waals surface area contributed by atoms with Gasteiger partial charge in [0.15, 0.2) is 11.5 Å². The van der Waals surface area contributed by atoms with Crippen molar-refractivity contribution in [2.24, 2.45) is 5.92 Å². The van der Waals surface area contributed by atoms with Crippen molar-refractivity contribution < 1.29 is 19.1 Å². The molecule has 2 unspecified atom stereocenters. The Morgan fingerprint density at radius 1 is 0.853 bits per heavy atom. The van der Waals surface area contributed by atoms with Crippen LogP contribution in [0.4, 0.5) is 10.5 Å². The molecular weight excluding hydrogens is 430 g/mol. The standard InChI is InChI=1S/C27H37N3O4/c1-5-15-33-24-14-11-22(17-25(24)34-16-6-2)19(4)29-27(32)28-18(3)20-9-12-23(13-10-20)30-26(31)21-7-8-21/h9-14,17-19,21H,5-8,15-16H2,1-4H3,(H,30,31)(H2,28,29,32). The Morgan fingerprint density at radius 2 is 1.41 bits per heavy atom. The fraction of sp³-hybridized carbons (Fsp3) is 0.481. The van der Waals surface area contributed by atoms with Gasteiger partial charge in [-0.2, -0.15) is 0 Å². The molecule has 3 amide bonds. The quantitative estimate of drug-likeness (QED) is 0.372. The SMILES string of the molecule is CCCOc1ccc(C(C)NC(=O)NC(C)c2ccc(NC(=O)C3CC3)cc2)cc1OCCC. The second kappa shape index (κ2) is 12.3. The number of rotatable bonds is 12. The van der Waals surface area contributed by atoms with Gasteiger partial charge in [0.05, 0.1) is 25.3 Å². The summed E-state index contributed by atoms with van der Waals surface area (Å²) in [6.45, 7) is 9.22. The molecule has 7 heteroatoms. The van der Waals surface area contributed by atoms with E-state index in [9.17, 15) is 9.59 Å². The Kier molecular flexibility index (Phi) is 9.19. The van der Waals surface area contributed by atoms with Crippen LogP contribution in [-0.2, 0) is 4.79 Å². The van der Waals surface area contributed by atoms with Crippen LogP contribution in [0, 0.1) is 5.92 Å². The lowest BCUT2D eigenvalue weighted by molar-refractivity contribution is -0.117. The monoisotopic (exact) mass is 467 g/mol. The summed E-state index contributed by atoms with van der Waals surface area (Å²) in [6, 6.07) is 12.7. The van der Waals surface area contributed by atoms with Gasteiger partial charge in [0.1, 0.15) is 0 Å². The molecule has 0 aromatic heterocycles. The van der Waals surface area contributed by atoms with Crippen molar-refractivity contribution in [3.05, 3.63) is 53.6 Å². The molecular formula is C27H37N3O4. The average molecular weight is 468 g/mol. The van der Waals surface area contributed by atoms with Crippen LogP contribution in [-0.4, -0.2) is 25.2 Å². The molecule has 1 aliphatic rings. The van der Waals surface area contributed by atoms with Gasteiger partial charge in [-0.25, -0.2) is 4.79 Å². The first-order valence-electron chi connectivity index (χ1n) is 12.3. The third kappa shape index (κ3) is 7.40. The zero-order valence-electron chi connectivity index (χ0n) is 20.6. The third-order valence-electron chi connectivity index (χ3n) is 5.71. The van der Waals surface area contributed by atoms with Crippen molar-refractivity contribution in [1.82, 2.24) is 10.6 Å². The normalized spacial score (nSPS) is 14.6. The minimum Gasteiger partial charge on any atom is -0.490 e. The molecule has 0 bridgehead atoms. The fourth-order valence-corrected chi connectivity index (χ4v) is 3.50. The summed E-state index contributed by atoms with van der Waals surface area (Å²) < 4.78 is 11.7. The fourth-order valence-electron chi connectivity index (χ4n) is 3.50. The van der Waals surface area contributed by atoms with E-state index >= 15 is 0 Å². The lowest BCUT2D eigenvalue weighted by atomic mass is 10.1. The third-order valence-corrected chi connectivity index (χ3v) is 5.71. The number of carbonyl (C=O) groups excluding carboxylic acids is 2. The van der Waals surface area contributed by atoms with Crippen molar-refractivity contribution in [1.29, 1.82) is 0 Å². The largest absolute Gasteiger partial charge is 0.490 e. The predicted octanol–water partition coefficient (Wildman–Crippen LogP) is 5.73. The van der Waals surface area contributed by atoms with Gasteiger partial charge in [0.2, 0.25) is 5.91 Å². The van der Waals surface area contributed by atoms with E-state index in [4.69, 9.17) is 9.47 Å². The molecule has 0 saturated heterocycles. The molecule has 0 aliphatic heterocycles. The molecule has 2 aromatic carbocycles. The highest BCUT2D eigenvalue weighted by Gasteiger charge is 2.29. The highest BCUT2D eigenvalue weighted by atomic mass is 16.5. The minimum atomic E-state index is -0.256. The maximum absolute atomic E-state index is 12.6. The summed E-state index contributed by atoms with van der Waals surface area (Å²) >= 11 is 0. The first kappa shape index (κ1) is 25.4. The number of hydrogen-bond acceptors (Lipinski definition) is 4. The van der Waals surface area contributed by atoms with Crippen molar-refractivity contribution in [2.45, 2.75) is 65.5 Å². The molecule has 2 aromatic rings. The van der Waals surface area contributed by atoms with Gasteiger partial charge in [-0.1, -0.05) is 32.0 Å². The van der Waals surface area contributed by atoms with Crippen molar-refractivity contribution in [3.8, 4) is 11.5 Å². The van der Waals surface area contributed by atoms with E-state index in [1.165, 1.54) is 0 Å². The van der Waals surface area contributed by atoms with Crippen LogP contribution in [0.3, 0.4) is 0 Å². The highest BCUT2D eigenvalue weighted by molar-refractivity contribution is 5.94. The molecule has 184 valence electrons. The predicted molar refractivity (Wildman–Crippen MR) is 134 cm³/mol. The van der Waals surface area contributed by atoms with E-state index in [2.05, 4.69) is 29.8 Å². The van der Waals surface area contributed by atoms with Crippen LogP contribution in [0.1, 0.15) is 76.6 Å². The maximum Gasteiger partial charge on any atom is 0.315 e. The number of ether oxygens (including phenoxy) is 2. The number of hydrogen-bond donors (Lipinski definition) is 3. The lowest BCUT2D eigenvalue weighted by Crippen LogP contribution is -2.38. The van der Waals surface area contributed by atoms with E-state index in [-0.39, 0.29) is 29.9 Å². The summed E-state index contributed by atoms with van der Waals surface area (Å²) in [7, 11) is 0. The zero-order chi connectivity index (χ0) is 24.5. The molecule has 1 saturated carbocycles. The zero-order valence-corrected chi connectivity index (χ0v) is 20.6. The van der Waals surface area contributed by atoms with Crippen LogP contribution in [0.15, 0.2) is 42.5 Å². The van der Waals surface area contributed by atoms with Crippen LogP contribution >= 0.6 is 0 Å². The summed E-state index contributed by atoms with van der Waals surface area (Å²) in [6.07, 6.45) is 3.77. The molecule has 3 rings (SSSR count). The number of benzene rings is 2. The topological polar surface area (TPSA) is 88.7 Å². The Labute approximate surface area is 202 Å². The molecule has 0 spiro atoms. The van der Waals surface area contributed by atoms with E-state index in [1.807, 2.05) is 56.3 Å². The molecule has 3 N–H and O–H groups in total. The molecule has 1 fully saturated rings. The number of amides is 3. The van der Waals surface area contributed by atoms with Gasteiger partial charge in [0, 0.05) is 11.6 Å². The van der Waals surface area contributed by atoms with Gasteiger partial charge < -0.3 is 25.4 Å². The number of anilines is 1. The summed E-state index contributed by atoms with van der Waals surface area (Å²) in [5.74, 6) is 1.67. The van der Waals surface area contributed by atoms with Crippen LogP contribution in [0.2, 0.25) is 0 Å². The Hall–Kier alpha value is -3.22. The van der Waals surface area contributed by atoms with Crippen molar-refractivity contribution >= 4 is 17.6 Å². The van der Waals surface area contributed by atoms with E-state index in [1.54, 1.807) is 0 Å². The summed E-state index contributed by atoms with van der Waals surface area (Å²) in [5, 5.41) is 8.91. The van der Waals surface area contributed by atoms with E-state index in [0.717, 1.165) is 48.2 Å². The molecule has 34 heavy (non-hydrogen) atoms. The van der Waals surface area contributed by atoms with Crippen LogP contribution in [0.25, 0.3) is 0 Å². The lowest BCUT2D eigenvalue weighted by Gasteiger charge is -2.20. The summed E-state index contributed by atoms with van der Waals surface area (Å²) in [5.41, 5.74) is 2.67. The smallest absolute Gasteiger partial charge is 0.315 e. The van der Waals surface area contributed by atoms with E-state index in [0.29, 0.717) is 19.0 Å². The Morgan fingerprint density at radius 3 is 2.00 bits per heavy atom. The minimum absolute atomic E-state index is 0.0838. The second-order valence-corrected chi connectivity index (χ2v) is 8.85. The first-order chi connectivity index (χ1) is 16.4. The van der Waals surface area contributed by atoms with Crippen LogP contribution < -0.4 is 25.4 Å². The van der Waals surface area contributed by atoms with Gasteiger partial charge >= 0.3 is 6.03 Å². The van der Waals surface area contributed by atoms with Gasteiger partial charge in [-0.05, 0) is 74.9 Å². The summed E-state index contributed by atoms with van der Waals surface area (Å²) in [4.78, 5) is 24.5. The van der Waals surface area contributed by atoms with Crippen molar-refractivity contribution in [2.75, 3.05) is 18.5 Å². The van der Waals surface area contributed by atoms with Gasteiger partial charge in [0.25, 0.3) is 0 Å². The average Bonchev–Trinajstić information content (AvgIpc) is 3.67. The number of carbonyl (C=O) groups is 2. The molecule has 2 atom stereocenters. The molecule has 1 aliphatic carbocycles.